The first-order valence-corrected chi connectivity index (χ1v) is 5.62. The van der Waals surface area contributed by atoms with Gasteiger partial charge in [-0.05, 0) is 0 Å². The number of nitrogens with zero attached hydrogens (tertiary/aromatic N) is 1. The van der Waals surface area contributed by atoms with Crippen LogP contribution in [0.3, 0.4) is 0 Å². The molecule has 0 bridgehead atoms. The minimum Gasteiger partial charge on any atom is -0.226 e. The molecule has 0 radical (unpaired) electrons. The summed E-state index contributed by atoms with van der Waals surface area (Å²) in [4.78, 5) is 1.01. The molecule has 0 aliphatic heterocycles. The highest BCUT2D eigenvalue weighted by molar-refractivity contribution is 8.13. The van der Waals surface area contributed by atoms with Crippen molar-refractivity contribution >= 4 is 19.7 Å². The molecule has 0 aromatic carbocycles. The summed E-state index contributed by atoms with van der Waals surface area (Å²) < 4.78 is 71.3. The van der Waals surface area contributed by atoms with Crippen molar-refractivity contribution in [3.63, 3.8) is 0 Å². The molecule has 1 heterocycles. The molecule has 9 heteroatoms. The number of rotatable bonds is 2. The van der Waals surface area contributed by atoms with E-state index < -0.39 is 37.7 Å². The molecule has 0 saturated carbocycles. The highest BCUT2D eigenvalue weighted by atomic mass is 35.7. The van der Waals surface area contributed by atoms with Gasteiger partial charge in [0.2, 0.25) is 5.95 Å². The molecule has 1 rings (SSSR count). The molecule has 0 saturated heterocycles. The number of pyridine rings is 1. The fourth-order valence-electron chi connectivity index (χ4n) is 0.823. The van der Waals surface area contributed by atoms with Crippen LogP contribution in [0, 0.1) is 11.8 Å². The van der Waals surface area contributed by atoms with E-state index in [-0.39, 0.29) is 6.20 Å². The zero-order valence-corrected chi connectivity index (χ0v) is 8.29. The van der Waals surface area contributed by atoms with Gasteiger partial charge in [-0.15, -0.1) is 0 Å². The fraction of sp³-hybridized carbons (Fsp3) is 0.167. The maximum absolute atomic E-state index is 13.1. The molecule has 0 unspecified atom stereocenters. The van der Waals surface area contributed by atoms with Gasteiger partial charge in [-0.1, -0.05) is 0 Å². The van der Waals surface area contributed by atoms with Crippen LogP contribution in [0.15, 0.2) is 11.1 Å². The van der Waals surface area contributed by atoms with E-state index in [0.717, 1.165) is 0 Å². The molecule has 84 valence electrons. The second kappa shape index (κ2) is 3.93. The van der Waals surface area contributed by atoms with Crippen LogP contribution in [0.5, 0.6) is 0 Å². The first kappa shape index (κ1) is 12.2. The first-order valence-electron chi connectivity index (χ1n) is 3.32. The summed E-state index contributed by atoms with van der Waals surface area (Å²) in [6.45, 7) is 0. The summed E-state index contributed by atoms with van der Waals surface area (Å²) in [6.07, 6.45) is -3.10. The van der Waals surface area contributed by atoms with Crippen LogP contribution in [0.4, 0.5) is 17.6 Å². The van der Waals surface area contributed by atoms with Gasteiger partial charge in [0, 0.05) is 16.9 Å². The summed E-state index contributed by atoms with van der Waals surface area (Å²) >= 11 is 0. The summed E-state index contributed by atoms with van der Waals surface area (Å²) in [5.74, 6) is -3.68. The van der Waals surface area contributed by atoms with Gasteiger partial charge >= 0.3 is 0 Å². The molecular formula is C6H2ClF4NO2S. The van der Waals surface area contributed by atoms with Crippen LogP contribution in [-0.4, -0.2) is 13.4 Å². The topological polar surface area (TPSA) is 47.0 Å². The van der Waals surface area contributed by atoms with Crippen molar-refractivity contribution in [3.8, 4) is 0 Å². The number of alkyl halides is 2. The lowest BCUT2D eigenvalue weighted by Gasteiger charge is -2.04. The van der Waals surface area contributed by atoms with Crippen molar-refractivity contribution in [2.45, 2.75) is 11.3 Å². The molecule has 3 nitrogen and oxygen atoms in total. The smallest absolute Gasteiger partial charge is 0.226 e. The van der Waals surface area contributed by atoms with E-state index in [1.807, 2.05) is 0 Å². The average Bonchev–Trinajstić information content (AvgIpc) is 2.00. The van der Waals surface area contributed by atoms with Crippen molar-refractivity contribution in [2.24, 2.45) is 0 Å². The van der Waals surface area contributed by atoms with Gasteiger partial charge in [-0.2, -0.15) is 4.39 Å². The molecule has 0 fully saturated rings. The zero-order chi connectivity index (χ0) is 11.8. The minimum atomic E-state index is -4.79. The Morgan fingerprint density at radius 3 is 2.27 bits per heavy atom. The molecule has 0 spiro atoms. The number of halogens is 5. The quantitative estimate of drug-likeness (QED) is 0.467. The van der Waals surface area contributed by atoms with Gasteiger partial charge in [-0.25, -0.2) is 26.6 Å². The predicted molar refractivity (Wildman–Crippen MR) is 42.1 cm³/mol. The summed E-state index contributed by atoms with van der Waals surface area (Å²) in [7, 11) is -0.141. The molecule has 0 atom stereocenters. The van der Waals surface area contributed by atoms with E-state index in [0.29, 0.717) is 0 Å². The van der Waals surface area contributed by atoms with Crippen molar-refractivity contribution in [1.82, 2.24) is 4.98 Å². The van der Waals surface area contributed by atoms with Crippen molar-refractivity contribution < 1.29 is 26.0 Å². The lowest BCUT2D eigenvalue weighted by molar-refractivity contribution is 0.144. The predicted octanol–water partition coefficient (Wildman–Crippen LogP) is 2.22. The molecule has 15 heavy (non-hydrogen) atoms. The third-order valence-corrected chi connectivity index (χ3v) is 2.73. The lowest BCUT2D eigenvalue weighted by Crippen LogP contribution is -2.06. The summed E-state index contributed by atoms with van der Waals surface area (Å²) in [6, 6.07) is 0. The molecule has 1 aromatic rings. The molecule has 1 aromatic heterocycles. The summed E-state index contributed by atoms with van der Waals surface area (Å²) in [5.41, 5.74) is -1.32. The zero-order valence-electron chi connectivity index (χ0n) is 6.72. The Balaban J connectivity index is 3.59. The Kier molecular flexibility index (Phi) is 3.19. The monoisotopic (exact) mass is 263 g/mol. The highest BCUT2D eigenvalue weighted by Crippen LogP contribution is 2.28. The van der Waals surface area contributed by atoms with E-state index in [9.17, 15) is 26.0 Å². The van der Waals surface area contributed by atoms with E-state index in [1.165, 1.54) is 0 Å². The first-order chi connectivity index (χ1) is 6.75. The average molecular weight is 264 g/mol. The second-order valence-electron chi connectivity index (χ2n) is 2.39. The molecule has 0 aliphatic carbocycles. The fourth-order valence-corrected chi connectivity index (χ4v) is 1.80. The number of hydrogen-bond donors (Lipinski definition) is 0. The van der Waals surface area contributed by atoms with Crippen LogP contribution < -0.4 is 0 Å². The van der Waals surface area contributed by atoms with Crippen LogP contribution in [0.2, 0.25) is 0 Å². The van der Waals surface area contributed by atoms with Crippen LogP contribution in [-0.2, 0) is 9.05 Å². The van der Waals surface area contributed by atoms with Crippen LogP contribution in [0.1, 0.15) is 12.0 Å². The SMILES string of the molecule is O=S(=O)(Cl)c1c(F)ncc(C(F)F)c1F. The van der Waals surface area contributed by atoms with Crippen molar-refractivity contribution in [1.29, 1.82) is 0 Å². The standard InChI is InChI=1S/C6H2ClF4NO2S/c7-15(13,14)4-3(8)2(5(9)10)1-12-6(4)11/h1,5H. The van der Waals surface area contributed by atoms with Gasteiger partial charge < -0.3 is 0 Å². The number of aromatic nitrogens is 1. The Hall–Kier alpha value is -0.890. The third-order valence-electron chi connectivity index (χ3n) is 1.44. The third kappa shape index (κ3) is 2.37. The highest BCUT2D eigenvalue weighted by Gasteiger charge is 2.28. The second-order valence-corrected chi connectivity index (χ2v) is 4.89. The Morgan fingerprint density at radius 2 is 1.87 bits per heavy atom. The number of hydrogen-bond acceptors (Lipinski definition) is 3. The van der Waals surface area contributed by atoms with Crippen LogP contribution >= 0.6 is 10.7 Å². The molecular weight excluding hydrogens is 262 g/mol. The molecule has 0 amide bonds. The van der Waals surface area contributed by atoms with E-state index in [2.05, 4.69) is 15.7 Å². The van der Waals surface area contributed by atoms with Gasteiger partial charge in [-0.3, -0.25) is 0 Å². The van der Waals surface area contributed by atoms with Crippen molar-refractivity contribution in [3.05, 3.63) is 23.5 Å². The Morgan fingerprint density at radius 1 is 1.33 bits per heavy atom. The largest absolute Gasteiger partial charge is 0.268 e. The van der Waals surface area contributed by atoms with E-state index in [1.54, 1.807) is 0 Å². The van der Waals surface area contributed by atoms with E-state index >= 15 is 0 Å². The molecule has 0 aliphatic rings. The Labute approximate surface area is 86.1 Å². The lowest BCUT2D eigenvalue weighted by atomic mass is 10.3. The van der Waals surface area contributed by atoms with Gasteiger partial charge in [0.05, 0.1) is 5.56 Å². The normalized spacial score (nSPS) is 12.1. The minimum absolute atomic E-state index is 0.209. The van der Waals surface area contributed by atoms with Gasteiger partial charge in [0.1, 0.15) is 0 Å². The maximum Gasteiger partial charge on any atom is 0.268 e. The Bertz CT molecular complexity index is 490. The van der Waals surface area contributed by atoms with Crippen molar-refractivity contribution in [2.75, 3.05) is 0 Å². The molecule has 0 N–H and O–H groups in total. The van der Waals surface area contributed by atoms with Gasteiger partial charge in [0.15, 0.2) is 10.7 Å². The summed E-state index contributed by atoms with van der Waals surface area (Å²) in [5, 5.41) is 0. The van der Waals surface area contributed by atoms with Gasteiger partial charge in [0.25, 0.3) is 15.5 Å². The van der Waals surface area contributed by atoms with E-state index in [4.69, 9.17) is 0 Å². The maximum atomic E-state index is 13.1. The van der Waals surface area contributed by atoms with Crippen LogP contribution in [0.25, 0.3) is 0 Å².